The summed E-state index contributed by atoms with van der Waals surface area (Å²) in [6.45, 7) is 4.40. The molecule has 0 saturated carbocycles. The molecule has 0 bridgehead atoms. The SMILES string of the molecule is CCC(N)C(SCCO)c1ccc(C)cc1. The zero-order valence-corrected chi connectivity index (χ0v) is 10.8. The van der Waals surface area contributed by atoms with Gasteiger partial charge in [-0.1, -0.05) is 36.8 Å². The van der Waals surface area contributed by atoms with Crippen LogP contribution in [0.1, 0.15) is 29.7 Å². The van der Waals surface area contributed by atoms with Crippen molar-refractivity contribution in [3.8, 4) is 0 Å². The normalized spacial score (nSPS) is 14.8. The summed E-state index contributed by atoms with van der Waals surface area (Å²) in [6, 6.07) is 8.66. The number of aryl methyl sites for hydroxylation is 1. The van der Waals surface area contributed by atoms with E-state index in [1.54, 1.807) is 11.8 Å². The monoisotopic (exact) mass is 239 g/mol. The van der Waals surface area contributed by atoms with Crippen LogP contribution < -0.4 is 5.73 Å². The Morgan fingerprint density at radius 3 is 2.44 bits per heavy atom. The van der Waals surface area contributed by atoms with E-state index in [1.807, 2.05) is 0 Å². The number of aliphatic hydroxyl groups excluding tert-OH is 1. The van der Waals surface area contributed by atoms with Gasteiger partial charge in [-0.25, -0.2) is 0 Å². The minimum absolute atomic E-state index is 0.152. The number of thioether (sulfide) groups is 1. The van der Waals surface area contributed by atoms with Gasteiger partial charge in [0, 0.05) is 17.0 Å². The van der Waals surface area contributed by atoms with Crippen LogP contribution in [0.2, 0.25) is 0 Å². The molecule has 2 atom stereocenters. The molecule has 3 N–H and O–H groups in total. The van der Waals surface area contributed by atoms with Crippen molar-refractivity contribution in [1.82, 2.24) is 0 Å². The van der Waals surface area contributed by atoms with Crippen molar-refractivity contribution >= 4 is 11.8 Å². The standard InChI is InChI=1S/C13H21NOS/c1-3-12(14)13(16-9-8-15)11-6-4-10(2)5-7-11/h4-7,12-13,15H,3,8-9,14H2,1-2H3. The molecule has 0 aromatic heterocycles. The van der Waals surface area contributed by atoms with Crippen LogP contribution in [0.25, 0.3) is 0 Å². The minimum atomic E-state index is 0.152. The van der Waals surface area contributed by atoms with Crippen molar-refractivity contribution in [1.29, 1.82) is 0 Å². The first kappa shape index (κ1) is 13.6. The molecule has 1 aromatic carbocycles. The predicted octanol–water partition coefficient (Wildman–Crippen LogP) is 2.50. The number of nitrogens with two attached hydrogens (primary N) is 1. The highest BCUT2D eigenvalue weighted by molar-refractivity contribution is 7.99. The molecule has 0 aliphatic heterocycles. The highest BCUT2D eigenvalue weighted by Crippen LogP contribution is 2.32. The lowest BCUT2D eigenvalue weighted by atomic mass is 10.0. The van der Waals surface area contributed by atoms with E-state index in [4.69, 9.17) is 10.8 Å². The number of hydrogen-bond donors (Lipinski definition) is 2. The van der Waals surface area contributed by atoms with E-state index in [0.717, 1.165) is 12.2 Å². The van der Waals surface area contributed by atoms with Gasteiger partial charge in [-0.3, -0.25) is 0 Å². The molecule has 2 nitrogen and oxygen atoms in total. The average Bonchev–Trinajstić information content (AvgIpc) is 2.31. The molecule has 0 amide bonds. The molecule has 0 heterocycles. The van der Waals surface area contributed by atoms with Crippen molar-refractivity contribution in [2.75, 3.05) is 12.4 Å². The van der Waals surface area contributed by atoms with Crippen LogP contribution in [0, 0.1) is 6.92 Å². The number of benzene rings is 1. The molecule has 0 radical (unpaired) electrons. The largest absolute Gasteiger partial charge is 0.396 e. The lowest BCUT2D eigenvalue weighted by molar-refractivity contribution is 0.322. The second-order valence-corrected chi connectivity index (χ2v) is 5.25. The second kappa shape index (κ2) is 6.94. The van der Waals surface area contributed by atoms with Crippen LogP contribution in [0.15, 0.2) is 24.3 Å². The van der Waals surface area contributed by atoms with Crippen molar-refractivity contribution in [3.05, 3.63) is 35.4 Å². The average molecular weight is 239 g/mol. The first-order valence-corrected chi connectivity index (χ1v) is 6.78. The third-order valence-corrected chi connectivity index (χ3v) is 4.05. The van der Waals surface area contributed by atoms with E-state index in [2.05, 4.69) is 38.1 Å². The Morgan fingerprint density at radius 2 is 1.94 bits per heavy atom. The molecular weight excluding hydrogens is 218 g/mol. The Kier molecular flexibility index (Phi) is 5.88. The molecule has 90 valence electrons. The Labute approximate surface area is 102 Å². The van der Waals surface area contributed by atoms with Crippen LogP contribution in [0.3, 0.4) is 0 Å². The third kappa shape index (κ3) is 3.81. The quantitative estimate of drug-likeness (QED) is 0.802. The summed E-state index contributed by atoms with van der Waals surface area (Å²) in [7, 11) is 0. The molecule has 2 unspecified atom stereocenters. The molecule has 1 rings (SSSR count). The van der Waals surface area contributed by atoms with E-state index >= 15 is 0 Å². The summed E-state index contributed by atoms with van der Waals surface area (Å²) in [5.41, 5.74) is 8.65. The van der Waals surface area contributed by atoms with Gasteiger partial charge < -0.3 is 10.8 Å². The van der Waals surface area contributed by atoms with E-state index in [0.29, 0.717) is 0 Å². The maximum absolute atomic E-state index is 8.90. The van der Waals surface area contributed by atoms with Crippen molar-refractivity contribution < 1.29 is 5.11 Å². The van der Waals surface area contributed by atoms with E-state index in [1.165, 1.54) is 11.1 Å². The Morgan fingerprint density at radius 1 is 1.31 bits per heavy atom. The summed E-state index contributed by atoms with van der Waals surface area (Å²) in [5.74, 6) is 0.742. The van der Waals surface area contributed by atoms with Gasteiger partial charge in [0.2, 0.25) is 0 Å². The maximum Gasteiger partial charge on any atom is 0.0521 e. The van der Waals surface area contributed by atoms with Crippen LogP contribution in [0.5, 0.6) is 0 Å². The molecule has 0 aliphatic carbocycles. The van der Waals surface area contributed by atoms with Gasteiger partial charge >= 0.3 is 0 Å². The fraction of sp³-hybridized carbons (Fsp3) is 0.538. The highest BCUT2D eigenvalue weighted by atomic mass is 32.2. The number of hydrogen-bond acceptors (Lipinski definition) is 3. The van der Waals surface area contributed by atoms with Crippen LogP contribution >= 0.6 is 11.8 Å². The van der Waals surface area contributed by atoms with Gasteiger partial charge in [0.05, 0.1) is 6.61 Å². The summed E-state index contributed by atoms with van der Waals surface area (Å²) in [5, 5.41) is 9.19. The Bertz CT molecular complexity index is 299. The molecule has 0 spiro atoms. The highest BCUT2D eigenvalue weighted by Gasteiger charge is 2.18. The van der Waals surface area contributed by atoms with Crippen molar-refractivity contribution in [2.24, 2.45) is 5.73 Å². The number of aliphatic hydroxyl groups is 1. The molecular formula is C13H21NOS. The lowest BCUT2D eigenvalue weighted by Gasteiger charge is -2.22. The van der Waals surface area contributed by atoms with Crippen molar-refractivity contribution in [2.45, 2.75) is 31.6 Å². The molecule has 0 aliphatic rings. The zero-order valence-electron chi connectivity index (χ0n) is 10.0. The number of rotatable bonds is 6. The molecule has 16 heavy (non-hydrogen) atoms. The van der Waals surface area contributed by atoms with E-state index < -0.39 is 0 Å². The fourth-order valence-corrected chi connectivity index (χ4v) is 2.77. The Hall–Kier alpha value is -0.510. The van der Waals surface area contributed by atoms with Crippen LogP contribution in [-0.4, -0.2) is 23.5 Å². The first-order chi connectivity index (χ1) is 7.69. The molecule has 0 fully saturated rings. The summed E-state index contributed by atoms with van der Waals surface area (Å²) in [6.07, 6.45) is 0.955. The van der Waals surface area contributed by atoms with Crippen molar-refractivity contribution in [3.63, 3.8) is 0 Å². The van der Waals surface area contributed by atoms with Gasteiger partial charge in [-0.2, -0.15) is 0 Å². The van der Waals surface area contributed by atoms with Crippen LogP contribution in [-0.2, 0) is 0 Å². The summed E-state index contributed by atoms with van der Waals surface area (Å²) >= 11 is 1.74. The van der Waals surface area contributed by atoms with Crippen LogP contribution in [0.4, 0.5) is 0 Å². The van der Waals surface area contributed by atoms with Gasteiger partial charge in [0.15, 0.2) is 0 Å². The lowest BCUT2D eigenvalue weighted by Crippen LogP contribution is -2.26. The maximum atomic E-state index is 8.90. The van der Waals surface area contributed by atoms with E-state index in [-0.39, 0.29) is 17.9 Å². The molecule has 1 aromatic rings. The minimum Gasteiger partial charge on any atom is -0.396 e. The third-order valence-electron chi connectivity index (χ3n) is 2.65. The van der Waals surface area contributed by atoms with Gasteiger partial charge in [0.1, 0.15) is 0 Å². The van der Waals surface area contributed by atoms with Gasteiger partial charge in [0.25, 0.3) is 0 Å². The topological polar surface area (TPSA) is 46.2 Å². The fourth-order valence-electron chi connectivity index (χ4n) is 1.62. The summed E-state index contributed by atoms with van der Waals surface area (Å²) in [4.78, 5) is 0. The van der Waals surface area contributed by atoms with E-state index in [9.17, 15) is 0 Å². The van der Waals surface area contributed by atoms with Gasteiger partial charge in [-0.05, 0) is 18.9 Å². The Balaban J connectivity index is 2.78. The first-order valence-electron chi connectivity index (χ1n) is 5.73. The second-order valence-electron chi connectivity index (χ2n) is 4.00. The zero-order chi connectivity index (χ0) is 12.0. The summed E-state index contributed by atoms with van der Waals surface area (Å²) < 4.78 is 0. The van der Waals surface area contributed by atoms with Gasteiger partial charge in [-0.15, -0.1) is 11.8 Å². The molecule has 0 saturated heterocycles. The molecule has 3 heteroatoms. The smallest absolute Gasteiger partial charge is 0.0521 e. The predicted molar refractivity (Wildman–Crippen MR) is 71.7 cm³/mol.